The van der Waals surface area contributed by atoms with Crippen LogP contribution in [0.25, 0.3) is 0 Å². The fourth-order valence-electron chi connectivity index (χ4n) is 2.57. The first-order valence-electron chi connectivity index (χ1n) is 8.32. The van der Waals surface area contributed by atoms with Crippen LogP contribution in [0.4, 0.5) is 0 Å². The minimum absolute atomic E-state index is 0.0244. The third kappa shape index (κ3) is 13.3. The number of unbranched alkanes of at least 4 members (excludes halogenated alkanes) is 8. The number of hydrogen-bond donors (Lipinski definition) is 0. The third-order valence-corrected chi connectivity index (χ3v) is 4.45. The van der Waals surface area contributed by atoms with Gasteiger partial charge in [0.2, 0.25) is 10.5 Å². The van der Waals surface area contributed by atoms with Crippen LogP contribution in [-0.2, 0) is 9.59 Å². The van der Waals surface area contributed by atoms with Gasteiger partial charge < -0.3 is 0 Å². The van der Waals surface area contributed by atoms with Gasteiger partial charge in [0.15, 0.2) is 0 Å². The van der Waals surface area contributed by atoms with Crippen LogP contribution in [0.1, 0.15) is 84.5 Å². The van der Waals surface area contributed by atoms with Crippen molar-refractivity contribution in [2.45, 2.75) is 84.5 Å². The minimum atomic E-state index is -0.217. The molecule has 0 bridgehead atoms. The minimum Gasteiger partial charge on any atom is -0.281 e. The first-order valence-corrected chi connectivity index (χ1v) is 9.08. The smallest absolute Gasteiger partial charge is 0.224 e. The summed E-state index contributed by atoms with van der Waals surface area (Å²) in [4.78, 5) is 21.8. The fraction of sp³-hybridized carbons (Fsp3) is 0.882. The third-order valence-electron chi connectivity index (χ3n) is 3.98. The Hall–Kier alpha value is -0.0800. The highest BCUT2D eigenvalue weighted by atomic mass is 35.5. The van der Waals surface area contributed by atoms with Crippen molar-refractivity contribution >= 4 is 33.7 Å². The first kappa shape index (κ1) is 20.9. The van der Waals surface area contributed by atoms with Crippen molar-refractivity contribution in [3.63, 3.8) is 0 Å². The molecule has 0 N–H and O–H groups in total. The SMILES string of the molecule is CC(C)C(CCCCCCCCCCCC(=O)Cl)C(=O)Cl. The predicted octanol–water partition coefficient (Wildman–Crippen LogP) is 6.08. The van der Waals surface area contributed by atoms with Gasteiger partial charge in [0.1, 0.15) is 0 Å². The van der Waals surface area contributed by atoms with Gasteiger partial charge in [-0.15, -0.1) is 0 Å². The van der Waals surface area contributed by atoms with E-state index in [-0.39, 0.29) is 16.4 Å². The van der Waals surface area contributed by atoms with Gasteiger partial charge in [-0.3, -0.25) is 9.59 Å². The number of carbonyl (C=O) groups excluding carboxylic acids is 2. The fourth-order valence-corrected chi connectivity index (χ4v) is 3.07. The summed E-state index contributed by atoms with van der Waals surface area (Å²) in [6, 6.07) is 0. The second-order valence-electron chi connectivity index (χ2n) is 6.23. The molecule has 0 amide bonds. The molecule has 0 rings (SSSR count). The topological polar surface area (TPSA) is 34.1 Å². The van der Waals surface area contributed by atoms with E-state index in [1.54, 1.807) is 0 Å². The van der Waals surface area contributed by atoms with Gasteiger partial charge in [0, 0.05) is 12.3 Å². The van der Waals surface area contributed by atoms with E-state index < -0.39 is 0 Å². The highest BCUT2D eigenvalue weighted by Gasteiger charge is 2.19. The Kier molecular flexibility index (Phi) is 13.5. The summed E-state index contributed by atoms with van der Waals surface area (Å²) in [7, 11) is 0. The maximum atomic E-state index is 11.3. The Morgan fingerprint density at radius 3 is 1.57 bits per heavy atom. The monoisotopic (exact) mass is 336 g/mol. The zero-order valence-corrected chi connectivity index (χ0v) is 15.0. The van der Waals surface area contributed by atoms with Crippen LogP contribution in [0.3, 0.4) is 0 Å². The molecule has 0 spiro atoms. The number of carbonyl (C=O) groups is 2. The summed E-state index contributed by atoms with van der Waals surface area (Å²) in [5, 5.41) is -0.398. The second kappa shape index (κ2) is 13.6. The second-order valence-corrected chi connectivity index (χ2v) is 7.02. The van der Waals surface area contributed by atoms with Crippen LogP contribution in [0.15, 0.2) is 0 Å². The van der Waals surface area contributed by atoms with Crippen molar-refractivity contribution in [1.82, 2.24) is 0 Å². The Balaban J connectivity index is 3.32. The zero-order chi connectivity index (χ0) is 16.1. The van der Waals surface area contributed by atoms with E-state index in [1.807, 2.05) is 0 Å². The summed E-state index contributed by atoms with van der Waals surface area (Å²) in [6.07, 6.45) is 11.9. The molecule has 1 atom stereocenters. The summed E-state index contributed by atoms with van der Waals surface area (Å²) in [5.74, 6) is 0.367. The molecule has 0 radical (unpaired) electrons. The van der Waals surface area contributed by atoms with E-state index in [9.17, 15) is 9.59 Å². The molecule has 0 heterocycles. The Morgan fingerprint density at radius 2 is 1.19 bits per heavy atom. The maximum absolute atomic E-state index is 11.3. The normalized spacial score (nSPS) is 12.6. The molecule has 0 fully saturated rings. The number of hydrogen-bond acceptors (Lipinski definition) is 2. The molecule has 0 aromatic carbocycles. The van der Waals surface area contributed by atoms with E-state index in [0.29, 0.717) is 12.3 Å². The van der Waals surface area contributed by atoms with Crippen molar-refractivity contribution < 1.29 is 9.59 Å². The van der Waals surface area contributed by atoms with Crippen LogP contribution in [0.5, 0.6) is 0 Å². The van der Waals surface area contributed by atoms with E-state index in [1.165, 1.54) is 38.5 Å². The van der Waals surface area contributed by atoms with Crippen LogP contribution in [-0.4, -0.2) is 10.5 Å². The molecule has 124 valence electrons. The zero-order valence-electron chi connectivity index (χ0n) is 13.5. The molecule has 21 heavy (non-hydrogen) atoms. The summed E-state index contributed by atoms with van der Waals surface area (Å²) in [5.41, 5.74) is 0. The van der Waals surface area contributed by atoms with Gasteiger partial charge in [-0.05, 0) is 42.0 Å². The highest BCUT2D eigenvalue weighted by Crippen LogP contribution is 2.22. The molecule has 0 aliphatic carbocycles. The van der Waals surface area contributed by atoms with Crippen molar-refractivity contribution in [2.75, 3.05) is 0 Å². The van der Waals surface area contributed by atoms with Crippen LogP contribution < -0.4 is 0 Å². The average molecular weight is 337 g/mol. The molecule has 4 heteroatoms. The van der Waals surface area contributed by atoms with E-state index >= 15 is 0 Å². The van der Waals surface area contributed by atoms with Gasteiger partial charge in [0.05, 0.1) is 0 Å². The van der Waals surface area contributed by atoms with Crippen molar-refractivity contribution in [3.05, 3.63) is 0 Å². The molecule has 1 unspecified atom stereocenters. The molecule has 0 aliphatic heterocycles. The van der Waals surface area contributed by atoms with Gasteiger partial charge in [-0.2, -0.15) is 0 Å². The van der Waals surface area contributed by atoms with E-state index in [4.69, 9.17) is 23.2 Å². The summed E-state index contributed by atoms with van der Waals surface area (Å²) >= 11 is 10.9. The van der Waals surface area contributed by atoms with Crippen molar-refractivity contribution in [1.29, 1.82) is 0 Å². The van der Waals surface area contributed by atoms with Crippen molar-refractivity contribution in [2.24, 2.45) is 11.8 Å². The summed E-state index contributed by atoms with van der Waals surface area (Å²) in [6.45, 7) is 4.12. The lowest BCUT2D eigenvalue weighted by molar-refractivity contribution is -0.116. The molecule has 0 aliphatic rings. The van der Waals surface area contributed by atoms with Gasteiger partial charge in [-0.1, -0.05) is 65.2 Å². The van der Waals surface area contributed by atoms with Crippen LogP contribution >= 0.6 is 23.2 Å². The van der Waals surface area contributed by atoms with Gasteiger partial charge >= 0.3 is 0 Å². The summed E-state index contributed by atoms with van der Waals surface area (Å²) < 4.78 is 0. The lowest BCUT2D eigenvalue weighted by atomic mass is 9.91. The van der Waals surface area contributed by atoms with E-state index in [0.717, 1.165) is 25.7 Å². The Labute approximate surface area is 140 Å². The maximum Gasteiger partial charge on any atom is 0.224 e. The number of halogens is 2. The number of rotatable bonds is 14. The highest BCUT2D eigenvalue weighted by molar-refractivity contribution is 6.64. The predicted molar refractivity (Wildman–Crippen MR) is 90.8 cm³/mol. The Morgan fingerprint density at radius 1 is 0.762 bits per heavy atom. The largest absolute Gasteiger partial charge is 0.281 e. The molecular formula is C17H30Cl2O2. The standard InChI is InChI=1S/C17H30Cl2O2/c1-14(2)15(17(19)21)12-10-8-6-4-3-5-7-9-11-13-16(18)20/h14-15H,3-13H2,1-2H3. The molecule has 2 nitrogen and oxygen atoms in total. The van der Waals surface area contributed by atoms with Crippen molar-refractivity contribution in [3.8, 4) is 0 Å². The average Bonchev–Trinajstić information content (AvgIpc) is 2.38. The van der Waals surface area contributed by atoms with Crippen LogP contribution in [0, 0.1) is 11.8 Å². The van der Waals surface area contributed by atoms with E-state index in [2.05, 4.69) is 13.8 Å². The Bertz CT molecular complexity index is 291. The molecule has 0 saturated carbocycles. The molecule has 0 aromatic heterocycles. The molecular weight excluding hydrogens is 307 g/mol. The first-order chi connectivity index (χ1) is 9.95. The quantitative estimate of drug-likeness (QED) is 0.284. The van der Waals surface area contributed by atoms with Gasteiger partial charge in [-0.25, -0.2) is 0 Å². The lowest BCUT2D eigenvalue weighted by Crippen LogP contribution is -2.15. The van der Waals surface area contributed by atoms with Crippen LogP contribution in [0.2, 0.25) is 0 Å². The molecule has 0 saturated heterocycles. The van der Waals surface area contributed by atoms with Gasteiger partial charge in [0.25, 0.3) is 0 Å². The molecule has 0 aromatic rings. The lowest BCUT2D eigenvalue weighted by Gasteiger charge is -2.15.